The summed E-state index contributed by atoms with van der Waals surface area (Å²) in [6.07, 6.45) is 0. The van der Waals surface area contributed by atoms with Crippen LogP contribution >= 0.6 is 0 Å². The van der Waals surface area contributed by atoms with E-state index in [-0.39, 0.29) is 31.1 Å². The quantitative estimate of drug-likeness (QED) is 0.316. The van der Waals surface area contributed by atoms with Crippen molar-refractivity contribution < 1.29 is 13.7 Å². The fraction of sp³-hybridized carbons (Fsp3) is 0. The molecular weight excluding hydrogens is 416 g/mol. The van der Waals surface area contributed by atoms with Crippen LogP contribution in [0.2, 0.25) is 0 Å². The Morgan fingerprint density at radius 3 is 1.26 bits per heavy atom. The molecule has 0 bridgehead atoms. The van der Waals surface area contributed by atoms with Crippen LogP contribution in [0.25, 0.3) is 0 Å². The van der Waals surface area contributed by atoms with Gasteiger partial charge in [-0.15, -0.1) is 0 Å². The molecule has 0 saturated heterocycles. The second-order valence-electron chi connectivity index (χ2n) is 6.79. The summed E-state index contributed by atoms with van der Waals surface area (Å²) in [5.41, 5.74) is 2.60. The highest BCUT2D eigenvalue weighted by Crippen LogP contribution is 2.09. The predicted molar refractivity (Wildman–Crippen MR) is 124 cm³/mol. The van der Waals surface area contributed by atoms with E-state index in [1.165, 1.54) is 0 Å². The zero-order valence-electron chi connectivity index (χ0n) is 16.6. The molecule has 0 aliphatic carbocycles. The van der Waals surface area contributed by atoms with Crippen molar-refractivity contribution in [2.45, 2.75) is 0 Å². The fourth-order valence-electron chi connectivity index (χ4n) is 3.17. The summed E-state index contributed by atoms with van der Waals surface area (Å²) >= 11 is 0. The van der Waals surface area contributed by atoms with Crippen LogP contribution in [0.15, 0.2) is 109 Å². The molecule has 0 amide bonds. The lowest BCUT2D eigenvalue weighted by molar-refractivity contribution is 0.103. The van der Waals surface area contributed by atoms with Gasteiger partial charge in [0, 0.05) is 22.3 Å². The maximum absolute atomic E-state index is 12.9. The number of carbonyl (C=O) groups excluding carboxylic acids is 2. The lowest BCUT2D eigenvalue weighted by Gasteiger charge is -2.10. The van der Waals surface area contributed by atoms with Crippen molar-refractivity contribution in [1.82, 2.24) is 0 Å². The first-order valence-electron chi connectivity index (χ1n) is 9.79. The van der Waals surface area contributed by atoms with E-state index in [9.17, 15) is 9.59 Å². The summed E-state index contributed by atoms with van der Waals surface area (Å²) in [4.78, 5) is 25.8. The number of carbonyl (C=O) groups is 2. The summed E-state index contributed by atoms with van der Waals surface area (Å²) in [6, 6.07) is 33.5. The van der Waals surface area contributed by atoms with E-state index in [1.54, 1.807) is 0 Å². The van der Waals surface area contributed by atoms with Gasteiger partial charge in [-0.1, -0.05) is 109 Å². The van der Waals surface area contributed by atoms with Crippen LogP contribution in [0, 0.1) is 0 Å². The molecule has 4 aromatic rings. The van der Waals surface area contributed by atoms with E-state index >= 15 is 0 Å². The Morgan fingerprint density at radius 2 is 0.839 bits per heavy atom. The van der Waals surface area contributed by atoms with Gasteiger partial charge in [0.1, 0.15) is 0 Å². The molecule has 0 aliphatic heterocycles. The van der Waals surface area contributed by atoms with Gasteiger partial charge in [0.2, 0.25) is 0 Å². The van der Waals surface area contributed by atoms with Crippen molar-refractivity contribution in [3.8, 4) is 0 Å². The topological polar surface area (TPSA) is 43.4 Å². The van der Waals surface area contributed by atoms with Crippen LogP contribution in [-0.4, -0.2) is 31.1 Å². The molecular formula is C26H18O3Si2. The van der Waals surface area contributed by atoms with Crippen LogP contribution in [0.4, 0.5) is 0 Å². The molecule has 0 atom stereocenters. The van der Waals surface area contributed by atoms with Crippen LogP contribution in [0.1, 0.15) is 31.8 Å². The predicted octanol–water partition coefficient (Wildman–Crippen LogP) is 3.35. The number of ketones is 2. The van der Waals surface area contributed by atoms with E-state index in [1.807, 2.05) is 109 Å². The molecule has 0 fully saturated rings. The standard InChI is InChI=1S/C26H18O3Si2/c27-25(19-11-3-1-4-12-19)21-15-7-9-17-23(21)30-29-31-24-18-10-8-16-22(24)26(28)20-13-5-2-6-14-20/h1-18H. The van der Waals surface area contributed by atoms with Gasteiger partial charge in [0.05, 0.1) is 0 Å². The molecule has 0 aliphatic rings. The third-order valence-electron chi connectivity index (χ3n) is 4.74. The van der Waals surface area contributed by atoms with Gasteiger partial charge in [-0.3, -0.25) is 9.59 Å². The van der Waals surface area contributed by atoms with Crippen LogP contribution < -0.4 is 10.4 Å². The molecule has 5 heteroatoms. The summed E-state index contributed by atoms with van der Waals surface area (Å²) in [6.45, 7) is 0. The van der Waals surface area contributed by atoms with E-state index in [0.717, 1.165) is 10.4 Å². The first-order valence-corrected chi connectivity index (χ1v) is 11.6. The zero-order valence-corrected chi connectivity index (χ0v) is 18.6. The SMILES string of the molecule is O=C(c1ccccc1)c1ccccc1[Si]O[Si]c1ccccc1C(=O)c1ccccc1. The Hall–Kier alpha value is -3.39. The van der Waals surface area contributed by atoms with Gasteiger partial charge in [-0.25, -0.2) is 0 Å². The van der Waals surface area contributed by atoms with E-state index in [2.05, 4.69) is 0 Å². The van der Waals surface area contributed by atoms with Gasteiger partial charge in [-0.05, 0) is 10.4 Å². The normalized spacial score (nSPS) is 10.6. The Morgan fingerprint density at radius 1 is 0.484 bits per heavy atom. The van der Waals surface area contributed by atoms with Gasteiger partial charge in [-0.2, -0.15) is 0 Å². The Balaban J connectivity index is 1.49. The Kier molecular flexibility index (Phi) is 6.79. The lowest BCUT2D eigenvalue weighted by atomic mass is 10.0. The summed E-state index contributed by atoms with van der Waals surface area (Å²) < 4.78 is 6.01. The Bertz CT molecular complexity index is 1100. The smallest absolute Gasteiger partial charge is 0.257 e. The minimum Gasteiger partial charge on any atom is -0.450 e. The maximum Gasteiger partial charge on any atom is 0.257 e. The molecule has 0 heterocycles. The largest absolute Gasteiger partial charge is 0.450 e. The van der Waals surface area contributed by atoms with Crippen LogP contribution in [0.5, 0.6) is 0 Å². The number of hydrogen-bond acceptors (Lipinski definition) is 3. The van der Waals surface area contributed by atoms with Crippen molar-refractivity contribution in [1.29, 1.82) is 0 Å². The lowest BCUT2D eigenvalue weighted by Crippen LogP contribution is -2.31. The first-order chi connectivity index (χ1) is 15.2. The van der Waals surface area contributed by atoms with Crippen LogP contribution in [-0.2, 0) is 4.12 Å². The Labute approximate surface area is 186 Å². The fourth-order valence-corrected chi connectivity index (χ4v) is 5.19. The van der Waals surface area contributed by atoms with Crippen molar-refractivity contribution in [3.63, 3.8) is 0 Å². The molecule has 0 N–H and O–H groups in total. The van der Waals surface area contributed by atoms with E-state index in [4.69, 9.17) is 4.12 Å². The summed E-state index contributed by atoms with van der Waals surface area (Å²) in [5.74, 6) is -0.0365. The summed E-state index contributed by atoms with van der Waals surface area (Å²) in [7, 11) is 0.00635. The minimum atomic E-state index is -0.0183. The third-order valence-corrected chi connectivity index (χ3v) is 6.87. The van der Waals surface area contributed by atoms with Crippen molar-refractivity contribution >= 4 is 41.5 Å². The number of benzene rings is 4. The van der Waals surface area contributed by atoms with Crippen molar-refractivity contribution in [2.75, 3.05) is 0 Å². The molecule has 3 nitrogen and oxygen atoms in total. The molecule has 148 valence electrons. The average Bonchev–Trinajstić information content (AvgIpc) is 2.85. The second kappa shape index (κ2) is 10.1. The van der Waals surface area contributed by atoms with Crippen LogP contribution in [0.3, 0.4) is 0 Å². The number of rotatable bonds is 8. The molecule has 4 aromatic carbocycles. The average molecular weight is 435 g/mol. The monoisotopic (exact) mass is 434 g/mol. The minimum absolute atomic E-state index is 0.00317. The highest BCUT2D eigenvalue weighted by Gasteiger charge is 2.16. The first kappa shape index (κ1) is 20.9. The highest BCUT2D eigenvalue weighted by atomic mass is 28.3. The molecule has 4 radical (unpaired) electrons. The molecule has 0 unspecified atom stereocenters. The third kappa shape index (κ3) is 5.03. The van der Waals surface area contributed by atoms with Crippen molar-refractivity contribution in [2.24, 2.45) is 0 Å². The number of hydrogen-bond donors (Lipinski definition) is 0. The molecule has 4 rings (SSSR count). The molecule has 0 spiro atoms. The molecule has 0 aromatic heterocycles. The second-order valence-corrected chi connectivity index (χ2v) is 9.09. The highest BCUT2D eigenvalue weighted by molar-refractivity contribution is 6.62. The van der Waals surface area contributed by atoms with Gasteiger partial charge >= 0.3 is 0 Å². The van der Waals surface area contributed by atoms with Gasteiger partial charge in [0.15, 0.2) is 11.6 Å². The summed E-state index contributed by atoms with van der Waals surface area (Å²) in [5, 5.41) is 1.71. The maximum atomic E-state index is 12.9. The molecule has 0 saturated carbocycles. The van der Waals surface area contributed by atoms with Gasteiger partial charge in [0.25, 0.3) is 19.5 Å². The molecule has 31 heavy (non-hydrogen) atoms. The zero-order chi connectivity index (χ0) is 21.5. The van der Waals surface area contributed by atoms with Gasteiger partial charge < -0.3 is 4.12 Å². The van der Waals surface area contributed by atoms with E-state index < -0.39 is 0 Å². The van der Waals surface area contributed by atoms with E-state index in [0.29, 0.717) is 22.3 Å². The van der Waals surface area contributed by atoms with Crippen molar-refractivity contribution in [3.05, 3.63) is 131 Å².